The van der Waals surface area contributed by atoms with E-state index in [4.69, 9.17) is 11.6 Å². The molecule has 0 N–H and O–H groups in total. The molecular weight excluding hydrogens is 246 g/mol. The second-order valence-electron chi connectivity index (χ2n) is 5.43. The molecule has 0 saturated heterocycles. The van der Waals surface area contributed by atoms with E-state index in [1.54, 1.807) is 0 Å². The Kier molecular flexibility index (Phi) is 3.44. The highest BCUT2D eigenvalue weighted by molar-refractivity contribution is 6.16. The normalized spacial score (nSPS) is 11.8. The summed E-state index contributed by atoms with van der Waals surface area (Å²) < 4.78 is 1.96. The maximum Gasteiger partial charge on any atom is 0.164 e. The van der Waals surface area contributed by atoms with Crippen LogP contribution in [0, 0.1) is 0 Å². The van der Waals surface area contributed by atoms with Gasteiger partial charge >= 0.3 is 0 Å². The van der Waals surface area contributed by atoms with Crippen molar-refractivity contribution in [3.8, 4) is 11.4 Å². The van der Waals surface area contributed by atoms with E-state index in [-0.39, 0.29) is 5.41 Å². The lowest BCUT2D eigenvalue weighted by Crippen LogP contribution is -2.13. The second-order valence-corrected chi connectivity index (χ2v) is 5.70. The van der Waals surface area contributed by atoms with Crippen LogP contribution in [0.5, 0.6) is 0 Å². The van der Waals surface area contributed by atoms with Crippen molar-refractivity contribution in [2.75, 3.05) is 0 Å². The number of hydrogen-bond donors (Lipinski definition) is 0. The largest absolute Gasteiger partial charge is 0.313 e. The molecule has 0 aliphatic heterocycles. The van der Waals surface area contributed by atoms with Crippen LogP contribution in [0.2, 0.25) is 0 Å². The highest BCUT2D eigenvalue weighted by Gasteiger charge is 2.21. The maximum atomic E-state index is 5.84. The minimum absolute atomic E-state index is 0.0731. The van der Waals surface area contributed by atoms with Crippen molar-refractivity contribution in [3.63, 3.8) is 0 Å². The Morgan fingerprint density at radius 3 is 2.39 bits per heavy atom. The van der Waals surface area contributed by atoms with Crippen LogP contribution in [-0.2, 0) is 18.3 Å². The summed E-state index contributed by atoms with van der Waals surface area (Å²) in [5.41, 5.74) is 2.46. The Morgan fingerprint density at radius 2 is 1.83 bits per heavy atom. The van der Waals surface area contributed by atoms with Gasteiger partial charge in [-0.15, -0.1) is 21.8 Å². The van der Waals surface area contributed by atoms with Crippen molar-refractivity contribution in [1.82, 2.24) is 14.8 Å². The second kappa shape index (κ2) is 4.73. The first-order valence-corrected chi connectivity index (χ1v) is 6.52. The summed E-state index contributed by atoms with van der Waals surface area (Å²) in [5, 5.41) is 8.37. The van der Waals surface area contributed by atoms with E-state index in [1.165, 1.54) is 5.56 Å². The SMILES string of the molecule is Cn1c(CCl)nnc1-c1ccccc1C(C)(C)C. The zero-order valence-corrected chi connectivity index (χ0v) is 12.0. The van der Waals surface area contributed by atoms with E-state index >= 15 is 0 Å². The van der Waals surface area contributed by atoms with Crippen molar-refractivity contribution < 1.29 is 0 Å². The predicted molar refractivity (Wildman–Crippen MR) is 74.7 cm³/mol. The lowest BCUT2D eigenvalue weighted by Gasteiger charge is -2.22. The van der Waals surface area contributed by atoms with Gasteiger partial charge in [-0.05, 0) is 11.0 Å². The molecule has 96 valence electrons. The number of rotatable bonds is 2. The molecule has 0 fully saturated rings. The first kappa shape index (κ1) is 13.1. The molecule has 1 heterocycles. The Morgan fingerprint density at radius 1 is 1.17 bits per heavy atom. The van der Waals surface area contributed by atoms with Crippen LogP contribution >= 0.6 is 11.6 Å². The fourth-order valence-corrected chi connectivity index (χ4v) is 2.28. The molecule has 2 rings (SSSR count). The van der Waals surface area contributed by atoms with Gasteiger partial charge in [-0.3, -0.25) is 0 Å². The molecule has 3 nitrogen and oxygen atoms in total. The first-order valence-electron chi connectivity index (χ1n) is 5.99. The van der Waals surface area contributed by atoms with Crippen molar-refractivity contribution in [2.24, 2.45) is 7.05 Å². The summed E-state index contributed by atoms with van der Waals surface area (Å²) in [4.78, 5) is 0. The van der Waals surface area contributed by atoms with Gasteiger partial charge in [0, 0.05) is 12.6 Å². The van der Waals surface area contributed by atoms with E-state index in [0.29, 0.717) is 5.88 Å². The molecule has 0 atom stereocenters. The third kappa shape index (κ3) is 2.27. The molecule has 0 amide bonds. The fraction of sp³-hybridized carbons (Fsp3) is 0.429. The van der Waals surface area contributed by atoms with E-state index in [2.05, 4.69) is 49.2 Å². The molecule has 18 heavy (non-hydrogen) atoms. The summed E-state index contributed by atoms with van der Waals surface area (Å²) in [5.74, 6) is 2.04. The number of nitrogens with zero attached hydrogens (tertiary/aromatic N) is 3. The first-order chi connectivity index (χ1) is 8.45. The van der Waals surface area contributed by atoms with Crippen LogP contribution in [-0.4, -0.2) is 14.8 Å². The third-order valence-electron chi connectivity index (χ3n) is 3.06. The molecule has 0 spiro atoms. The van der Waals surface area contributed by atoms with E-state index in [9.17, 15) is 0 Å². The zero-order valence-electron chi connectivity index (χ0n) is 11.2. The topological polar surface area (TPSA) is 30.7 Å². The third-order valence-corrected chi connectivity index (χ3v) is 3.30. The Balaban J connectivity index is 2.61. The predicted octanol–water partition coefficient (Wildman–Crippen LogP) is 3.52. The lowest BCUT2D eigenvalue weighted by atomic mass is 9.83. The molecule has 0 saturated carbocycles. The molecule has 0 unspecified atom stereocenters. The highest BCUT2D eigenvalue weighted by atomic mass is 35.5. The molecule has 2 aromatic rings. The van der Waals surface area contributed by atoms with Gasteiger partial charge in [-0.2, -0.15) is 0 Å². The van der Waals surface area contributed by atoms with Gasteiger partial charge in [-0.1, -0.05) is 45.0 Å². The molecule has 0 aliphatic carbocycles. The van der Waals surface area contributed by atoms with Crippen LogP contribution < -0.4 is 0 Å². The van der Waals surface area contributed by atoms with Gasteiger partial charge in [0.15, 0.2) is 5.82 Å². The van der Waals surface area contributed by atoms with Crippen molar-refractivity contribution in [1.29, 1.82) is 0 Å². The van der Waals surface area contributed by atoms with E-state index in [1.807, 2.05) is 17.7 Å². The molecular formula is C14H18ClN3. The number of alkyl halides is 1. The maximum absolute atomic E-state index is 5.84. The average molecular weight is 264 g/mol. The van der Waals surface area contributed by atoms with Crippen LogP contribution in [0.15, 0.2) is 24.3 Å². The van der Waals surface area contributed by atoms with Gasteiger partial charge in [0.2, 0.25) is 0 Å². The minimum atomic E-state index is 0.0731. The van der Waals surface area contributed by atoms with Gasteiger partial charge in [0.05, 0.1) is 5.88 Å². The number of halogens is 1. The molecule has 1 aromatic carbocycles. The van der Waals surface area contributed by atoms with E-state index in [0.717, 1.165) is 17.2 Å². The quantitative estimate of drug-likeness (QED) is 0.776. The van der Waals surface area contributed by atoms with Gasteiger partial charge in [0.25, 0.3) is 0 Å². The van der Waals surface area contributed by atoms with E-state index < -0.39 is 0 Å². The standard InChI is InChI=1S/C14H18ClN3/c1-14(2,3)11-8-6-5-7-10(11)13-17-16-12(9-15)18(13)4/h5-8H,9H2,1-4H3. The Hall–Kier alpha value is -1.35. The van der Waals surface area contributed by atoms with Gasteiger partial charge < -0.3 is 4.57 Å². The van der Waals surface area contributed by atoms with Crippen LogP contribution in [0.25, 0.3) is 11.4 Å². The minimum Gasteiger partial charge on any atom is -0.313 e. The van der Waals surface area contributed by atoms with Crippen LogP contribution in [0.3, 0.4) is 0 Å². The summed E-state index contributed by atoms with van der Waals surface area (Å²) in [6.45, 7) is 6.60. The van der Waals surface area contributed by atoms with Gasteiger partial charge in [0.1, 0.15) is 5.82 Å². The lowest BCUT2D eigenvalue weighted by molar-refractivity contribution is 0.591. The molecule has 4 heteroatoms. The smallest absolute Gasteiger partial charge is 0.164 e. The number of benzene rings is 1. The molecule has 0 radical (unpaired) electrons. The van der Waals surface area contributed by atoms with Gasteiger partial charge in [-0.25, -0.2) is 0 Å². The molecule has 0 bridgehead atoms. The summed E-state index contributed by atoms with van der Waals surface area (Å²) in [7, 11) is 1.95. The number of aromatic nitrogens is 3. The van der Waals surface area contributed by atoms with Crippen molar-refractivity contribution in [3.05, 3.63) is 35.7 Å². The molecule has 0 aliphatic rings. The van der Waals surface area contributed by atoms with Crippen LogP contribution in [0.4, 0.5) is 0 Å². The van der Waals surface area contributed by atoms with Crippen LogP contribution in [0.1, 0.15) is 32.2 Å². The Labute approximate surface area is 113 Å². The fourth-order valence-electron chi connectivity index (χ4n) is 2.04. The summed E-state index contributed by atoms with van der Waals surface area (Å²) >= 11 is 5.84. The summed E-state index contributed by atoms with van der Waals surface area (Å²) in [6, 6.07) is 8.32. The Bertz CT molecular complexity index is 552. The summed E-state index contributed by atoms with van der Waals surface area (Å²) in [6.07, 6.45) is 0. The number of hydrogen-bond acceptors (Lipinski definition) is 2. The van der Waals surface area contributed by atoms with Crippen molar-refractivity contribution in [2.45, 2.75) is 32.1 Å². The highest BCUT2D eigenvalue weighted by Crippen LogP contribution is 2.31. The monoisotopic (exact) mass is 263 g/mol. The average Bonchev–Trinajstić information content (AvgIpc) is 2.69. The van der Waals surface area contributed by atoms with Crippen molar-refractivity contribution >= 4 is 11.6 Å². The zero-order chi connectivity index (χ0) is 13.3. The molecule has 1 aromatic heterocycles.